The first kappa shape index (κ1) is 146. The molecule has 26 heteroatoms. The number of hydrogen-bond donors (Lipinski definition) is 0. The van der Waals surface area contributed by atoms with E-state index in [1.165, 1.54) is 11.1 Å². The van der Waals surface area contributed by atoms with E-state index < -0.39 is 0 Å². The van der Waals surface area contributed by atoms with Gasteiger partial charge in [-0.3, -0.25) is 26.2 Å². The molecule has 0 aromatic rings. The second kappa shape index (κ2) is 53.6. The minimum absolute atomic E-state index is 0. The van der Waals surface area contributed by atoms with Crippen LogP contribution in [0, 0.1) is 107 Å². The molecule has 0 aromatic carbocycles. The van der Waals surface area contributed by atoms with Crippen LogP contribution in [0.25, 0.3) is 0 Å². The van der Waals surface area contributed by atoms with Gasteiger partial charge in [0, 0.05) is 203 Å². The van der Waals surface area contributed by atoms with Crippen LogP contribution in [0.1, 0.15) is 270 Å². The molecule has 0 bridgehead atoms. The van der Waals surface area contributed by atoms with E-state index in [1.54, 1.807) is 23.6 Å². The number of likely N-dealkylation sites (tertiary alicyclic amines) is 4. The van der Waals surface area contributed by atoms with Crippen LogP contribution < -0.4 is 0 Å². The minimum Gasteiger partial charge on any atom is -0.552 e. The molecule has 0 N–H and O–H groups in total. The average Bonchev–Trinajstić information content (AvgIpc) is 1.54. The van der Waals surface area contributed by atoms with Gasteiger partial charge in [-0.05, 0) is 242 Å². The molecule has 1 unspecified atom stereocenters. The monoisotopic (exact) mass is 3340 g/mol. The minimum atomic E-state index is 0. The summed E-state index contributed by atoms with van der Waals surface area (Å²) >= 11 is 0. The van der Waals surface area contributed by atoms with Crippen molar-refractivity contribution in [1.29, 1.82) is 0 Å². The zero-order valence-electron chi connectivity index (χ0n) is 91.1. The Morgan fingerprint density at radius 2 is 0.472 bits per heavy atom. The van der Waals surface area contributed by atoms with Gasteiger partial charge in [-0.2, -0.15) is 0 Å². The molecule has 10 nitrogen and oxygen atoms in total. The summed E-state index contributed by atoms with van der Waals surface area (Å²) in [7, 11) is 11.8. The topological polar surface area (TPSA) is 32.4 Å². The number of rotatable bonds is 16. The van der Waals surface area contributed by atoms with E-state index >= 15 is 0 Å². The molecule has 8 aliphatic rings. The average molecular weight is 3340 g/mol. The molecule has 8 rings (SSSR count). The van der Waals surface area contributed by atoms with E-state index in [0.29, 0.717) is 5.92 Å². The molecule has 766 valence electrons. The van der Waals surface area contributed by atoms with Crippen LogP contribution in [-0.4, -0.2) is 290 Å². The van der Waals surface area contributed by atoms with Crippen LogP contribution in [0.4, 0.5) is 0 Å². The summed E-state index contributed by atoms with van der Waals surface area (Å²) in [5.74, 6) is 6.84. The van der Waals surface area contributed by atoms with Crippen molar-refractivity contribution in [2.24, 2.45) is 54.7 Å². The van der Waals surface area contributed by atoms with E-state index in [9.17, 15) is 0 Å². The number of nitrogens with zero attached hydrogens (tertiary/aromatic N) is 10. The Morgan fingerprint density at radius 3 is 0.618 bits per heavy atom. The van der Waals surface area contributed by atoms with Gasteiger partial charge in [0.2, 0.25) is 0 Å². The van der Waals surface area contributed by atoms with Crippen LogP contribution in [0.15, 0.2) is 11.1 Å². The molecule has 8 aliphatic heterocycles. The van der Waals surface area contributed by atoms with E-state index in [0.717, 1.165) is 26.3 Å². The molecule has 0 amide bonds. The van der Waals surface area contributed by atoms with Crippen molar-refractivity contribution in [1.82, 2.24) is 49.0 Å². The van der Waals surface area contributed by atoms with Crippen molar-refractivity contribution >= 4 is 63.4 Å². The Balaban J connectivity index is -0.000000212. The van der Waals surface area contributed by atoms with Gasteiger partial charge in [0.05, 0.1) is 0 Å². The van der Waals surface area contributed by atoms with E-state index in [1.807, 2.05) is 0 Å². The van der Waals surface area contributed by atoms with Gasteiger partial charge in [-0.15, -0.1) is 22.2 Å². The summed E-state index contributed by atoms with van der Waals surface area (Å²) in [4.78, 5) is 24.4. The SMILES string of the molecule is CC1(C)[CH-]N(CN2[CH-]C(C)(C)C(C)(C)C2(C)C)C(C)(C)C1(C)C.CN1[C-]=C(CC2=[C-]N(C)C(C)(C)C2(C)C)C(C)(C)C1(C)C.CN1[CH-]C(CN2[CH-]C(C)(C)C(C)(C)C2(C)C)C(C)(C)C1(C)C.CN1[CH-]N(CN2[CH-]N(C)C(C)(C)C2(C)C)C(C)(C)C1(C)C.C[PH+](C)C[PH+](C)C.C[PH+](C)C[PH+](C)C.C[PH+](C)C[PH+](C)C.C[PH+](C)C[PH+](C)C.[Au+].[Au+].[Au+].[Au+].[Au+].[Au+].[Au+].[Au+]. The Morgan fingerprint density at radius 1 is 0.260 bits per heavy atom. The molecule has 0 radical (unpaired) electrons. The van der Waals surface area contributed by atoms with Gasteiger partial charge in [0.1, 0.15) is 0 Å². The van der Waals surface area contributed by atoms with Crippen LogP contribution in [-0.2, 0) is 179 Å². The molecule has 1 atom stereocenters. The molecule has 0 spiro atoms. The van der Waals surface area contributed by atoms with Crippen LogP contribution in [0.5, 0.6) is 0 Å². The van der Waals surface area contributed by atoms with Crippen LogP contribution in [0.2, 0.25) is 0 Å². The fourth-order valence-corrected chi connectivity index (χ4v) is 40.3. The van der Waals surface area contributed by atoms with Crippen molar-refractivity contribution in [3.63, 3.8) is 0 Å². The second-order valence-electron chi connectivity index (χ2n) is 49.5. The first-order valence-corrected chi connectivity index (χ1v) is 66.4. The number of likely N-dealkylation sites (N-methyl/N-ethyl adjacent to an activating group) is 2. The number of hydrogen-bond acceptors (Lipinski definition) is 10. The predicted octanol–water partition coefficient (Wildman–Crippen LogP) is 25.0. The maximum atomic E-state index is 3.61. The Labute approximate surface area is 908 Å². The second-order valence-corrected chi connectivity index (χ2v) is 74.4. The Kier molecular flexibility index (Phi) is 63.9. The van der Waals surface area contributed by atoms with Crippen LogP contribution in [0.3, 0.4) is 0 Å². The fourth-order valence-electron chi connectivity index (χ4n) is 17.7. The van der Waals surface area contributed by atoms with Gasteiger partial charge in [-0.1, -0.05) is 138 Å². The van der Waals surface area contributed by atoms with Crippen molar-refractivity contribution in [3.05, 3.63) is 63.1 Å². The van der Waals surface area contributed by atoms with E-state index in [2.05, 4.69) is 506 Å². The molecule has 0 saturated carbocycles. The van der Waals surface area contributed by atoms with Gasteiger partial charge >= 0.3 is 179 Å². The molecular formula is C97H208Au8N10P8+8. The molecule has 6 saturated heterocycles. The summed E-state index contributed by atoms with van der Waals surface area (Å²) in [5, 5.41) is 0. The largest absolute Gasteiger partial charge is 1.00 e. The van der Waals surface area contributed by atoms with Gasteiger partial charge in [0.15, 0.2) is 23.6 Å². The maximum Gasteiger partial charge on any atom is 1.00 e. The summed E-state index contributed by atoms with van der Waals surface area (Å²) in [6, 6.07) is 0. The normalized spacial score (nSPS) is 25.8. The van der Waals surface area contributed by atoms with Gasteiger partial charge in [-0.25, -0.2) is 24.5 Å². The predicted molar refractivity (Wildman–Crippen MR) is 556 cm³/mol. The van der Waals surface area contributed by atoms with Crippen molar-refractivity contribution in [2.75, 3.05) is 185 Å². The zero-order chi connectivity index (χ0) is 91.9. The van der Waals surface area contributed by atoms with Crippen LogP contribution >= 0.6 is 63.4 Å². The van der Waals surface area contributed by atoms with Crippen molar-refractivity contribution < 1.29 is 179 Å². The molecule has 123 heavy (non-hydrogen) atoms. The standard InChI is InChI=1S/C21H40N2.C20H38N2.C19H32N2.C17H34N4.4C5H14P2.8Au/c1-16(2)13-22(20(9,10)18(16,5)6)15-23-14-17(3,4)19(7,8)21(23,11)12;1-16(2)14-22(20(9,10)18(16,5)6)13-15-12-21(11)19(7,8)17(15,3)4;1-16(2)14(12-20(9)18(16,5)6)11-15-13-21(10)19(7,8)17(15,3)4;1-14(2)16(5,6)20(11-18(14)9)13-21-12-19(10)15(3,4)17(21,7)8;4*1-6(2)5-7(3)4;;;;;;;;/h13-14H,15H2,1-12H3;12,14-15H,13H2,1-11H3;11H2,1-10H3;11-12H,13H2,1-10H3;4*5H2,1-4H3;;;;;;;;/q4*-2;;;;;8*+1/p+8. The third kappa shape index (κ3) is 33.6. The summed E-state index contributed by atoms with van der Waals surface area (Å²) in [6.07, 6.45) is 8.20. The Hall–Kier alpha value is 8.12. The third-order valence-electron chi connectivity index (χ3n) is 34.7. The van der Waals surface area contributed by atoms with E-state index in [4.69, 9.17) is 0 Å². The Bertz CT molecular complexity index is 2900. The fraction of sp³-hybridized carbons (Fsp3) is 0.897. The summed E-state index contributed by atoms with van der Waals surface area (Å²) < 4.78 is 0. The summed E-state index contributed by atoms with van der Waals surface area (Å²) in [5.41, 5.74) is 5.94. The van der Waals surface area contributed by atoms with E-state index in [-0.39, 0.29) is 347 Å². The molecule has 0 aromatic heterocycles. The first-order valence-electron chi connectivity index (χ1n) is 44.7. The van der Waals surface area contributed by atoms with Crippen molar-refractivity contribution in [2.45, 2.75) is 325 Å². The quantitative estimate of drug-likeness (QED) is 0.0847. The van der Waals surface area contributed by atoms with Gasteiger partial charge in [0.25, 0.3) is 0 Å². The van der Waals surface area contributed by atoms with Crippen molar-refractivity contribution in [3.8, 4) is 0 Å². The molecule has 6 fully saturated rings. The maximum absolute atomic E-state index is 3.61. The zero-order valence-corrected chi connectivity index (χ0v) is 116. The van der Waals surface area contributed by atoms with Gasteiger partial charge < -0.3 is 61.4 Å². The molecular weight excluding hydrogens is 3130 g/mol. The summed E-state index contributed by atoms with van der Waals surface area (Å²) in [6.45, 7) is 146. The first-order chi connectivity index (χ1) is 50.5. The molecule has 0 aliphatic carbocycles. The molecule has 8 heterocycles. The smallest absolute Gasteiger partial charge is 0.552 e. The third-order valence-corrected chi connectivity index (χ3v) is 57.3.